The van der Waals surface area contributed by atoms with E-state index < -0.39 is 23.2 Å². The van der Waals surface area contributed by atoms with Crippen molar-refractivity contribution in [3.05, 3.63) is 39.6 Å². The van der Waals surface area contributed by atoms with Crippen molar-refractivity contribution in [2.75, 3.05) is 11.9 Å². The van der Waals surface area contributed by atoms with Gasteiger partial charge in [0.05, 0.1) is 23.9 Å². The second-order valence-electron chi connectivity index (χ2n) is 4.93. The van der Waals surface area contributed by atoms with E-state index in [0.29, 0.717) is 5.56 Å². The molecule has 0 aromatic carbocycles. The van der Waals surface area contributed by atoms with E-state index in [1.165, 1.54) is 13.1 Å². The van der Waals surface area contributed by atoms with Gasteiger partial charge >= 0.3 is 5.97 Å². The van der Waals surface area contributed by atoms with Gasteiger partial charge in [-0.25, -0.2) is 4.79 Å². The quantitative estimate of drug-likeness (QED) is 0.363. The van der Waals surface area contributed by atoms with Crippen LogP contribution in [-0.2, 0) is 9.53 Å². The van der Waals surface area contributed by atoms with Crippen LogP contribution in [0, 0.1) is 25.2 Å². The van der Waals surface area contributed by atoms with E-state index in [1.54, 1.807) is 25.3 Å². The summed E-state index contributed by atoms with van der Waals surface area (Å²) in [7, 11) is 0. The van der Waals surface area contributed by atoms with Gasteiger partial charge in [-0.3, -0.25) is 4.79 Å². The number of amides is 1. The summed E-state index contributed by atoms with van der Waals surface area (Å²) in [6.45, 7) is 5.11. The molecule has 2 heterocycles. The fraction of sp³-hybridized carbons (Fsp3) is 0.250. The Morgan fingerprint density at radius 3 is 2.76 bits per heavy atom. The fourth-order valence-electron chi connectivity index (χ4n) is 2.03. The van der Waals surface area contributed by atoms with Gasteiger partial charge in [-0.15, -0.1) is 11.3 Å². The van der Waals surface area contributed by atoms with Gasteiger partial charge in [-0.05, 0) is 31.7 Å². The summed E-state index contributed by atoms with van der Waals surface area (Å²) in [4.78, 5) is 24.4. The lowest BCUT2D eigenvalue weighted by molar-refractivity contribution is -0.112. The lowest BCUT2D eigenvalue weighted by atomic mass is 10.1. The molecule has 2 aromatic rings. The standard InChI is InChI=1S/C16H15N3O5S/c1-4-23-16(22)12-8(2)7-25-15(12)19-14(21)10(5-17)13(20)11-6-18-24-9(11)3/h6-7,20H,4H2,1-3H3,(H,19,21)/b13-10-. The number of hydrogen-bond donors (Lipinski definition) is 2. The normalized spacial score (nSPS) is 11.4. The minimum Gasteiger partial charge on any atom is -0.506 e. The Balaban J connectivity index is 2.35. The second-order valence-corrected chi connectivity index (χ2v) is 5.81. The molecule has 0 aliphatic rings. The molecule has 0 radical (unpaired) electrons. The Morgan fingerprint density at radius 1 is 1.48 bits per heavy atom. The molecule has 9 heteroatoms. The Kier molecular flexibility index (Phi) is 5.56. The summed E-state index contributed by atoms with van der Waals surface area (Å²) < 4.78 is 9.78. The molecule has 0 spiro atoms. The summed E-state index contributed by atoms with van der Waals surface area (Å²) in [6.07, 6.45) is 1.20. The zero-order valence-corrected chi connectivity index (χ0v) is 14.6. The Bertz CT molecular complexity index is 888. The van der Waals surface area contributed by atoms with Crippen LogP contribution < -0.4 is 5.32 Å². The number of ether oxygens (including phenoxy) is 1. The van der Waals surface area contributed by atoms with E-state index in [0.717, 1.165) is 11.3 Å². The number of thiophene rings is 1. The van der Waals surface area contributed by atoms with Crippen LogP contribution in [-0.4, -0.2) is 28.7 Å². The van der Waals surface area contributed by atoms with Crippen LogP contribution in [0.1, 0.15) is 34.2 Å². The van der Waals surface area contributed by atoms with Gasteiger partial charge in [-0.2, -0.15) is 5.26 Å². The average molecular weight is 361 g/mol. The molecule has 0 aliphatic carbocycles. The smallest absolute Gasteiger partial charge is 0.341 e. The number of anilines is 1. The maximum absolute atomic E-state index is 12.4. The third-order valence-corrected chi connectivity index (χ3v) is 4.28. The third kappa shape index (κ3) is 3.70. The predicted molar refractivity (Wildman–Crippen MR) is 90.0 cm³/mol. The summed E-state index contributed by atoms with van der Waals surface area (Å²) in [6, 6.07) is 1.65. The van der Waals surface area contributed by atoms with Gasteiger partial charge in [0.15, 0.2) is 11.3 Å². The van der Waals surface area contributed by atoms with Crippen molar-refractivity contribution in [1.82, 2.24) is 5.16 Å². The van der Waals surface area contributed by atoms with Gasteiger partial charge in [0.2, 0.25) is 0 Å². The molecule has 2 aromatic heterocycles. The molecule has 0 saturated carbocycles. The topological polar surface area (TPSA) is 125 Å². The van der Waals surface area contributed by atoms with Crippen molar-refractivity contribution in [2.45, 2.75) is 20.8 Å². The zero-order valence-electron chi connectivity index (χ0n) is 13.7. The molecule has 1 amide bonds. The second kappa shape index (κ2) is 7.63. The monoisotopic (exact) mass is 361 g/mol. The van der Waals surface area contributed by atoms with E-state index in [9.17, 15) is 20.0 Å². The molecule has 130 valence electrons. The first-order chi connectivity index (χ1) is 11.9. The number of aliphatic hydroxyl groups is 1. The zero-order chi connectivity index (χ0) is 18.6. The maximum Gasteiger partial charge on any atom is 0.341 e. The highest BCUT2D eigenvalue weighted by Crippen LogP contribution is 2.29. The molecule has 0 unspecified atom stereocenters. The van der Waals surface area contributed by atoms with E-state index in [-0.39, 0.29) is 28.5 Å². The lowest BCUT2D eigenvalue weighted by Gasteiger charge is -2.07. The first-order valence-electron chi connectivity index (χ1n) is 7.22. The summed E-state index contributed by atoms with van der Waals surface area (Å²) >= 11 is 1.12. The van der Waals surface area contributed by atoms with Crippen LogP contribution in [0.4, 0.5) is 5.00 Å². The highest BCUT2D eigenvalue weighted by molar-refractivity contribution is 7.15. The first kappa shape index (κ1) is 18.2. The van der Waals surface area contributed by atoms with Crippen molar-refractivity contribution in [3.63, 3.8) is 0 Å². The SMILES string of the molecule is CCOC(=O)c1c(C)csc1NC(=O)/C(C#N)=C(\O)c1cnoc1C. The Morgan fingerprint density at radius 2 is 2.20 bits per heavy atom. The molecule has 0 bridgehead atoms. The van der Waals surface area contributed by atoms with Crippen LogP contribution in [0.15, 0.2) is 21.7 Å². The number of carbonyl (C=O) groups excluding carboxylic acids is 2. The first-order valence-corrected chi connectivity index (χ1v) is 8.10. The summed E-state index contributed by atoms with van der Waals surface area (Å²) in [5.74, 6) is -1.71. The molecule has 8 nitrogen and oxygen atoms in total. The molecule has 2 rings (SSSR count). The highest BCUT2D eigenvalue weighted by atomic mass is 32.1. The molecule has 0 saturated heterocycles. The average Bonchev–Trinajstić information content (AvgIpc) is 3.14. The summed E-state index contributed by atoms with van der Waals surface area (Å²) in [5, 5.41) is 27.3. The van der Waals surface area contributed by atoms with Gasteiger partial charge in [-0.1, -0.05) is 5.16 Å². The number of aryl methyl sites for hydroxylation is 2. The third-order valence-electron chi connectivity index (χ3n) is 3.26. The van der Waals surface area contributed by atoms with E-state index >= 15 is 0 Å². The Hall–Kier alpha value is -3.12. The van der Waals surface area contributed by atoms with Crippen molar-refractivity contribution in [1.29, 1.82) is 5.26 Å². The van der Waals surface area contributed by atoms with E-state index in [4.69, 9.17) is 9.26 Å². The number of aliphatic hydroxyl groups excluding tert-OH is 1. The van der Waals surface area contributed by atoms with Crippen LogP contribution >= 0.6 is 11.3 Å². The largest absolute Gasteiger partial charge is 0.506 e. The van der Waals surface area contributed by atoms with Crippen LogP contribution in [0.25, 0.3) is 5.76 Å². The van der Waals surface area contributed by atoms with Gasteiger partial charge in [0, 0.05) is 0 Å². The molecule has 0 aliphatic heterocycles. The van der Waals surface area contributed by atoms with Crippen molar-refractivity contribution < 1.29 is 24.0 Å². The van der Waals surface area contributed by atoms with Gasteiger partial charge in [0.1, 0.15) is 16.8 Å². The molecular weight excluding hydrogens is 346 g/mol. The minimum atomic E-state index is -0.854. The predicted octanol–water partition coefficient (Wildman–Crippen LogP) is 2.96. The highest BCUT2D eigenvalue weighted by Gasteiger charge is 2.24. The van der Waals surface area contributed by atoms with E-state index in [2.05, 4.69) is 10.5 Å². The number of hydrogen-bond acceptors (Lipinski definition) is 8. The van der Waals surface area contributed by atoms with Crippen molar-refractivity contribution >= 4 is 34.0 Å². The van der Waals surface area contributed by atoms with E-state index in [1.807, 2.05) is 0 Å². The lowest BCUT2D eigenvalue weighted by Crippen LogP contribution is -2.17. The molecule has 0 fully saturated rings. The maximum atomic E-state index is 12.4. The number of carbonyl (C=O) groups is 2. The molecule has 0 atom stereocenters. The number of aromatic nitrogens is 1. The number of nitrogens with zero attached hydrogens (tertiary/aromatic N) is 2. The molecular formula is C16H15N3O5S. The van der Waals surface area contributed by atoms with Gasteiger partial charge < -0.3 is 19.7 Å². The van der Waals surface area contributed by atoms with Crippen LogP contribution in [0.3, 0.4) is 0 Å². The molecule has 25 heavy (non-hydrogen) atoms. The van der Waals surface area contributed by atoms with Crippen molar-refractivity contribution in [2.24, 2.45) is 0 Å². The van der Waals surface area contributed by atoms with Crippen LogP contribution in [0.2, 0.25) is 0 Å². The number of rotatable bonds is 5. The Labute approximate surface area is 147 Å². The van der Waals surface area contributed by atoms with Crippen LogP contribution in [0.5, 0.6) is 0 Å². The summed E-state index contributed by atoms with van der Waals surface area (Å²) in [5.41, 5.74) is 0.477. The fourth-order valence-corrected chi connectivity index (χ4v) is 2.96. The minimum absolute atomic E-state index is 0.139. The number of nitrogens with one attached hydrogen (secondary N) is 1. The van der Waals surface area contributed by atoms with Crippen molar-refractivity contribution in [3.8, 4) is 6.07 Å². The van der Waals surface area contributed by atoms with Gasteiger partial charge in [0.25, 0.3) is 5.91 Å². The number of nitriles is 1. The number of esters is 1. The molecule has 2 N–H and O–H groups in total.